The molecule has 1 unspecified atom stereocenters. The fraction of sp³-hybridized carbons (Fsp3) is 0.500. The molecule has 0 N–H and O–H groups in total. The lowest BCUT2D eigenvalue weighted by Gasteiger charge is -2.15. The third-order valence-electron chi connectivity index (χ3n) is 3.68. The molecule has 0 saturated carbocycles. The molecule has 21 heavy (non-hydrogen) atoms. The highest BCUT2D eigenvalue weighted by Crippen LogP contribution is 2.35. The Morgan fingerprint density at radius 2 is 2.19 bits per heavy atom. The van der Waals surface area contributed by atoms with Crippen molar-refractivity contribution in [3.63, 3.8) is 0 Å². The summed E-state index contributed by atoms with van der Waals surface area (Å²) in [6, 6.07) is 4.10. The van der Waals surface area contributed by atoms with E-state index >= 15 is 0 Å². The second-order valence-corrected chi connectivity index (χ2v) is 6.58. The van der Waals surface area contributed by atoms with Gasteiger partial charge in [0.2, 0.25) is 0 Å². The van der Waals surface area contributed by atoms with Gasteiger partial charge in [-0.3, -0.25) is 0 Å². The van der Waals surface area contributed by atoms with E-state index in [1.54, 1.807) is 0 Å². The minimum atomic E-state index is -4.34. The molecule has 1 aliphatic heterocycles. The summed E-state index contributed by atoms with van der Waals surface area (Å²) in [6.45, 7) is 0. The fourth-order valence-corrected chi connectivity index (χ4v) is 4.08. The van der Waals surface area contributed by atoms with Gasteiger partial charge in [-0.2, -0.15) is 24.9 Å². The monoisotopic (exact) mass is 334 g/mol. The number of hydrogen-bond acceptors (Lipinski definition) is 2. The van der Waals surface area contributed by atoms with E-state index in [4.69, 9.17) is 11.6 Å². The Hall–Kier alpha value is -0.880. The van der Waals surface area contributed by atoms with Crippen LogP contribution in [-0.4, -0.2) is 26.9 Å². The zero-order valence-corrected chi connectivity index (χ0v) is 12.7. The van der Waals surface area contributed by atoms with Crippen LogP contribution in [-0.2, 0) is 12.6 Å². The van der Waals surface area contributed by atoms with E-state index < -0.39 is 11.7 Å². The maximum absolute atomic E-state index is 12.8. The van der Waals surface area contributed by atoms with E-state index in [9.17, 15) is 13.2 Å². The van der Waals surface area contributed by atoms with Gasteiger partial charge >= 0.3 is 6.18 Å². The number of thioether (sulfide) groups is 1. The smallest absolute Gasteiger partial charge is 0.324 e. The van der Waals surface area contributed by atoms with Crippen LogP contribution < -0.4 is 0 Å². The first-order valence-corrected chi connectivity index (χ1v) is 8.41. The molecule has 1 fully saturated rings. The number of benzene rings is 1. The predicted octanol–water partition coefficient (Wildman–Crippen LogP) is 4.51. The standard InChI is InChI=1S/C14H14ClF3N2S/c15-5-3-13-19-11-7-9(14(16,17)18)1-2-12(11)20(13)10-4-6-21-8-10/h1-2,7,10H,3-6,8H2. The summed E-state index contributed by atoms with van der Waals surface area (Å²) in [5.41, 5.74) is 0.523. The summed E-state index contributed by atoms with van der Waals surface area (Å²) in [6.07, 6.45) is -2.75. The number of aryl methyl sites for hydroxylation is 1. The summed E-state index contributed by atoms with van der Waals surface area (Å²) in [4.78, 5) is 4.39. The summed E-state index contributed by atoms with van der Waals surface area (Å²) in [7, 11) is 0. The quantitative estimate of drug-likeness (QED) is 0.768. The molecule has 1 aromatic heterocycles. The lowest BCUT2D eigenvalue weighted by Crippen LogP contribution is -2.12. The van der Waals surface area contributed by atoms with E-state index in [0.29, 0.717) is 23.9 Å². The Balaban J connectivity index is 2.12. The number of imidazole rings is 1. The van der Waals surface area contributed by atoms with Crippen molar-refractivity contribution in [3.8, 4) is 0 Å². The van der Waals surface area contributed by atoms with Gasteiger partial charge in [-0.15, -0.1) is 11.6 Å². The molecule has 0 spiro atoms. The zero-order chi connectivity index (χ0) is 15.0. The van der Waals surface area contributed by atoms with Crippen LogP contribution in [0, 0.1) is 0 Å². The van der Waals surface area contributed by atoms with Crippen molar-refractivity contribution in [2.45, 2.75) is 25.1 Å². The first-order valence-electron chi connectivity index (χ1n) is 6.72. The van der Waals surface area contributed by atoms with Gasteiger partial charge in [0.15, 0.2) is 0 Å². The number of alkyl halides is 4. The predicted molar refractivity (Wildman–Crippen MR) is 80.1 cm³/mol. The molecule has 114 valence electrons. The Kier molecular flexibility index (Phi) is 4.10. The van der Waals surface area contributed by atoms with Crippen molar-refractivity contribution >= 4 is 34.4 Å². The van der Waals surface area contributed by atoms with Crippen LogP contribution in [0.4, 0.5) is 13.2 Å². The van der Waals surface area contributed by atoms with Crippen molar-refractivity contribution in [1.82, 2.24) is 9.55 Å². The molecule has 1 aromatic carbocycles. The van der Waals surface area contributed by atoms with Gasteiger partial charge in [-0.1, -0.05) is 0 Å². The van der Waals surface area contributed by atoms with Crippen LogP contribution in [0.3, 0.4) is 0 Å². The Bertz CT molecular complexity index is 647. The first-order chi connectivity index (χ1) is 10.0. The zero-order valence-electron chi connectivity index (χ0n) is 11.2. The molecule has 3 rings (SSSR count). The maximum Gasteiger partial charge on any atom is 0.416 e. The van der Waals surface area contributed by atoms with Crippen LogP contribution in [0.1, 0.15) is 23.9 Å². The van der Waals surface area contributed by atoms with Crippen LogP contribution >= 0.6 is 23.4 Å². The van der Waals surface area contributed by atoms with Crippen molar-refractivity contribution < 1.29 is 13.2 Å². The summed E-state index contributed by atoms with van der Waals surface area (Å²) in [5.74, 6) is 3.24. The molecule has 1 atom stereocenters. The van der Waals surface area contributed by atoms with Gasteiger partial charge in [0.1, 0.15) is 5.82 Å². The molecular weight excluding hydrogens is 321 g/mol. The summed E-state index contributed by atoms with van der Waals surface area (Å²) >= 11 is 7.67. The van der Waals surface area contributed by atoms with E-state index in [2.05, 4.69) is 9.55 Å². The van der Waals surface area contributed by atoms with E-state index in [0.717, 1.165) is 41.4 Å². The molecule has 0 bridgehead atoms. The van der Waals surface area contributed by atoms with Crippen LogP contribution in [0.15, 0.2) is 18.2 Å². The van der Waals surface area contributed by atoms with Crippen LogP contribution in [0.2, 0.25) is 0 Å². The average Bonchev–Trinajstić information content (AvgIpc) is 3.03. The number of aromatic nitrogens is 2. The third kappa shape index (κ3) is 2.88. The number of nitrogens with zero attached hydrogens (tertiary/aromatic N) is 2. The average molecular weight is 335 g/mol. The molecule has 2 aromatic rings. The molecule has 0 radical (unpaired) electrons. The summed E-state index contributed by atoms with van der Waals surface area (Å²) in [5, 5.41) is 0. The largest absolute Gasteiger partial charge is 0.416 e. The van der Waals surface area contributed by atoms with Crippen molar-refractivity contribution in [2.24, 2.45) is 0 Å². The number of hydrogen-bond donors (Lipinski definition) is 0. The molecular formula is C14H14ClF3N2S. The van der Waals surface area contributed by atoms with Gasteiger partial charge in [-0.25, -0.2) is 4.98 Å². The minimum absolute atomic E-state index is 0.301. The number of halogens is 4. The highest BCUT2D eigenvalue weighted by molar-refractivity contribution is 7.99. The SMILES string of the molecule is FC(F)(F)c1ccc2c(c1)nc(CCCl)n2C1CCSC1. The molecule has 1 saturated heterocycles. The second-order valence-electron chi connectivity index (χ2n) is 5.06. The molecule has 2 nitrogen and oxygen atoms in total. The molecule has 1 aliphatic rings. The molecule has 0 amide bonds. The van der Waals surface area contributed by atoms with Gasteiger partial charge in [0.25, 0.3) is 0 Å². The lowest BCUT2D eigenvalue weighted by atomic mass is 10.2. The molecule has 2 heterocycles. The first kappa shape index (κ1) is 15.0. The normalized spacial score (nSPS) is 19.5. The topological polar surface area (TPSA) is 17.8 Å². The lowest BCUT2D eigenvalue weighted by molar-refractivity contribution is -0.137. The van der Waals surface area contributed by atoms with Gasteiger partial charge in [0, 0.05) is 24.1 Å². The number of fused-ring (bicyclic) bond motifs is 1. The third-order valence-corrected chi connectivity index (χ3v) is 5.01. The van der Waals surface area contributed by atoms with Gasteiger partial charge in [0.05, 0.1) is 16.6 Å². The Labute approximate surface area is 129 Å². The van der Waals surface area contributed by atoms with Crippen molar-refractivity contribution in [1.29, 1.82) is 0 Å². The Morgan fingerprint density at radius 3 is 2.81 bits per heavy atom. The molecule has 7 heteroatoms. The number of rotatable bonds is 3. The maximum atomic E-state index is 12.8. The van der Waals surface area contributed by atoms with E-state index in [1.165, 1.54) is 6.07 Å². The van der Waals surface area contributed by atoms with Gasteiger partial charge < -0.3 is 4.57 Å². The van der Waals surface area contributed by atoms with E-state index in [-0.39, 0.29) is 0 Å². The van der Waals surface area contributed by atoms with Crippen molar-refractivity contribution in [3.05, 3.63) is 29.6 Å². The molecule has 0 aliphatic carbocycles. The van der Waals surface area contributed by atoms with Crippen molar-refractivity contribution in [2.75, 3.05) is 17.4 Å². The summed E-state index contributed by atoms with van der Waals surface area (Å²) < 4.78 is 40.5. The highest BCUT2D eigenvalue weighted by atomic mass is 35.5. The Morgan fingerprint density at radius 1 is 1.38 bits per heavy atom. The van der Waals surface area contributed by atoms with Gasteiger partial charge in [-0.05, 0) is 30.4 Å². The highest BCUT2D eigenvalue weighted by Gasteiger charge is 2.31. The van der Waals surface area contributed by atoms with Crippen LogP contribution in [0.5, 0.6) is 0 Å². The second kappa shape index (κ2) is 5.72. The van der Waals surface area contributed by atoms with E-state index in [1.807, 2.05) is 11.8 Å². The van der Waals surface area contributed by atoms with Crippen LogP contribution in [0.25, 0.3) is 11.0 Å². The fourth-order valence-electron chi connectivity index (χ4n) is 2.72. The minimum Gasteiger partial charge on any atom is -0.324 e.